The Hall–Kier alpha value is -3.12. The molecule has 206 valence electrons. The monoisotopic (exact) mass is 575 g/mol. The molecule has 6 rings (SSSR count). The SMILES string of the molecule is CCOc1ccc2ccccc2c1CN(Cc1ccc(Cl)cc1Cl)C(c1nc2cc(F)ccc2[nH]1)C1CCCC1. The molecule has 1 saturated carbocycles. The van der Waals surface area contributed by atoms with Gasteiger partial charge >= 0.3 is 0 Å². The fourth-order valence-corrected chi connectivity index (χ4v) is 6.67. The smallest absolute Gasteiger partial charge is 0.125 e. The number of hydrogen-bond acceptors (Lipinski definition) is 3. The lowest BCUT2D eigenvalue weighted by atomic mass is 9.93. The number of fused-ring (bicyclic) bond motifs is 2. The highest BCUT2D eigenvalue weighted by atomic mass is 35.5. The molecule has 1 heterocycles. The summed E-state index contributed by atoms with van der Waals surface area (Å²) in [6.45, 7) is 3.81. The predicted octanol–water partition coefficient (Wildman–Crippen LogP) is 9.49. The average Bonchev–Trinajstić information content (AvgIpc) is 3.62. The number of nitrogens with one attached hydrogen (secondary N) is 1. The van der Waals surface area contributed by atoms with Gasteiger partial charge in [0.2, 0.25) is 0 Å². The van der Waals surface area contributed by atoms with Crippen molar-refractivity contribution in [2.45, 2.75) is 51.7 Å². The predicted molar refractivity (Wildman–Crippen MR) is 162 cm³/mol. The number of aromatic amines is 1. The third-order valence-electron chi connectivity index (χ3n) is 8.03. The first kappa shape index (κ1) is 27.1. The molecule has 1 fully saturated rings. The summed E-state index contributed by atoms with van der Waals surface area (Å²) in [7, 11) is 0. The highest BCUT2D eigenvalue weighted by Crippen LogP contribution is 2.42. The Kier molecular flexibility index (Phi) is 7.97. The number of rotatable bonds is 9. The zero-order valence-electron chi connectivity index (χ0n) is 22.5. The first-order chi connectivity index (χ1) is 19.5. The average molecular weight is 577 g/mol. The molecule has 1 aliphatic carbocycles. The molecule has 1 N–H and O–H groups in total. The number of hydrogen-bond donors (Lipinski definition) is 1. The van der Waals surface area contributed by atoms with Crippen LogP contribution >= 0.6 is 23.2 Å². The highest BCUT2D eigenvalue weighted by molar-refractivity contribution is 6.35. The maximum absolute atomic E-state index is 14.1. The van der Waals surface area contributed by atoms with Crippen LogP contribution in [0.2, 0.25) is 10.0 Å². The van der Waals surface area contributed by atoms with Gasteiger partial charge in [0.15, 0.2) is 0 Å². The van der Waals surface area contributed by atoms with Gasteiger partial charge in [-0.15, -0.1) is 0 Å². The van der Waals surface area contributed by atoms with Crippen molar-refractivity contribution in [3.05, 3.63) is 106 Å². The fourth-order valence-electron chi connectivity index (χ4n) is 6.20. The Labute approximate surface area is 244 Å². The second kappa shape index (κ2) is 11.8. The summed E-state index contributed by atoms with van der Waals surface area (Å²) in [4.78, 5) is 11.0. The molecule has 40 heavy (non-hydrogen) atoms. The Morgan fingerprint density at radius 2 is 1.82 bits per heavy atom. The first-order valence-corrected chi connectivity index (χ1v) is 14.7. The molecule has 0 saturated heterocycles. The van der Waals surface area contributed by atoms with E-state index in [1.807, 2.05) is 19.1 Å². The molecule has 0 radical (unpaired) electrons. The van der Waals surface area contributed by atoms with E-state index in [0.29, 0.717) is 41.2 Å². The highest BCUT2D eigenvalue weighted by Gasteiger charge is 2.34. The van der Waals surface area contributed by atoms with Crippen LogP contribution in [0.15, 0.2) is 72.8 Å². The van der Waals surface area contributed by atoms with Crippen molar-refractivity contribution in [1.82, 2.24) is 14.9 Å². The van der Waals surface area contributed by atoms with E-state index < -0.39 is 0 Å². The van der Waals surface area contributed by atoms with Crippen LogP contribution in [-0.2, 0) is 13.1 Å². The van der Waals surface area contributed by atoms with E-state index in [0.717, 1.165) is 46.4 Å². The largest absolute Gasteiger partial charge is 0.494 e. The van der Waals surface area contributed by atoms with Crippen molar-refractivity contribution in [2.75, 3.05) is 6.61 Å². The topological polar surface area (TPSA) is 41.1 Å². The molecule has 0 spiro atoms. The van der Waals surface area contributed by atoms with Gasteiger partial charge in [-0.05, 0) is 72.4 Å². The van der Waals surface area contributed by atoms with E-state index in [1.165, 1.54) is 30.4 Å². The number of benzene rings is 4. The van der Waals surface area contributed by atoms with Gasteiger partial charge < -0.3 is 9.72 Å². The van der Waals surface area contributed by atoms with Crippen LogP contribution in [0.5, 0.6) is 5.75 Å². The number of nitrogens with zero attached hydrogens (tertiary/aromatic N) is 2. The zero-order valence-corrected chi connectivity index (χ0v) is 24.0. The van der Waals surface area contributed by atoms with Crippen LogP contribution < -0.4 is 4.74 Å². The number of ether oxygens (including phenoxy) is 1. The molecule has 1 atom stereocenters. The minimum absolute atomic E-state index is 0.0295. The van der Waals surface area contributed by atoms with Crippen LogP contribution in [0.4, 0.5) is 4.39 Å². The third kappa shape index (κ3) is 5.56. The van der Waals surface area contributed by atoms with Gasteiger partial charge in [0.1, 0.15) is 17.4 Å². The molecule has 0 aliphatic heterocycles. The fraction of sp³-hybridized carbons (Fsp3) is 0.303. The zero-order chi connectivity index (χ0) is 27.6. The molecule has 1 unspecified atom stereocenters. The molecule has 0 amide bonds. The molecule has 7 heteroatoms. The molecule has 1 aliphatic rings. The van der Waals surface area contributed by atoms with Crippen molar-refractivity contribution in [3.8, 4) is 5.75 Å². The summed E-state index contributed by atoms with van der Waals surface area (Å²) < 4.78 is 20.3. The maximum Gasteiger partial charge on any atom is 0.125 e. The number of halogens is 3. The van der Waals surface area contributed by atoms with Crippen molar-refractivity contribution in [3.63, 3.8) is 0 Å². The van der Waals surface area contributed by atoms with Crippen molar-refractivity contribution in [1.29, 1.82) is 0 Å². The Morgan fingerprint density at radius 1 is 1.00 bits per heavy atom. The Bertz CT molecular complexity index is 1650. The summed E-state index contributed by atoms with van der Waals surface area (Å²) in [6, 6.07) is 23.0. The summed E-state index contributed by atoms with van der Waals surface area (Å²) in [5, 5.41) is 3.58. The number of H-pyrrole nitrogens is 1. The van der Waals surface area contributed by atoms with Gasteiger partial charge in [-0.3, -0.25) is 4.90 Å². The lowest BCUT2D eigenvalue weighted by molar-refractivity contribution is 0.118. The molecule has 0 bridgehead atoms. The summed E-state index contributed by atoms with van der Waals surface area (Å²) in [6.07, 6.45) is 4.58. The van der Waals surface area contributed by atoms with Crippen molar-refractivity contribution < 1.29 is 9.13 Å². The third-order valence-corrected chi connectivity index (χ3v) is 8.62. The van der Waals surface area contributed by atoms with Crippen LogP contribution in [-0.4, -0.2) is 21.5 Å². The molecular weight excluding hydrogens is 544 g/mol. The van der Waals surface area contributed by atoms with E-state index in [9.17, 15) is 4.39 Å². The van der Waals surface area contributed by atoms with E-state index in [1.54, 1.807) is 12.1 Å². The van der Waals surface area contributed by atoms with Gasteiger partial charge in [0.25, 0.3) is 0 Å². The van der Waals surface area contributed by atoms with Gasteiger partial charge in [-0.1, -0.05) is 72.4 Å². The first-order valence-electron chi connectivity index (χ1n) is 14.0. The molecular formula is C33H32Cl2FN3O. The standard InChI is InChI=1S/C33H32Cl2FN3O/c1-2-40-31-16-12-21-7-5-6-10-26(21)27(31)20-39(19-23-11-13-24(34)17-28(23)35)32(22-8-3-4-9-22)33-37-29-15-14-25(36)18-30(29)38-33/h5-7,10-18,22,32H,2-4,8-9,19-20H2,1H3,(H,37,38). The van der Waals surface area contributed by atoms with Gasteiger partial charge in [0, 0.05) is 34.8 Å². The van der Waals surface area contributed by atoms with E-state index in [4.69, 9.17) is 32.9 Å². The lowest BCUT2D eigenvalue weighted by Crippen LogP contribution is -2.33. The Balaban J connectivity index is 1.51. The molecule has 5 aromatic rings. The quantitative estimate of drug-likeness (QED) is 0.190. The van der Waals surface area contributed by atoms with Crippen molar-refractivity contribution >= 4 is 45.0 Å². The van der Waals surface area contributed by atoms with E-state index in [2.05, 4.69) is 46.3 Å². The molecule has 1 aromatic heterocycles. The summed E-state index contributed by atoms with van der Waals surface area (Å²) >= 11 is 13.0. The minimum Gasteiger partial charge on any atom is -0.494 e. The van der Waals surface area contributed by atoms with Crippen molar-refractivity contribution in [2.24, 2.45) is 5.92 Å². The lowest BCUT2D eigenvalue weighted by Gasteiger charge is -2.35. The number of aromatic nitrogens is 2. The molecule has 4 nitrogen and oxygen atoms in total. The van der Waals surface area contributed by atoms with E-state index in [-0.39, 0.29) is 11.9 Å². The van der Waals surface area contributed by atoms with Crippen LogP contribution in [0.25, 0.3) is 21.8 Å². The summed E-state index contributed by atoms with van der Waals surface area (Å²) in [5.74, 6) is 1.84. The number of imidazole rings is 1. The van der Waals surface area contributed by atoms with Crippen LogP contribution in [0, 0.1) is 11.7 Å². The summed E-state index contributed by atoms with van der Waals surface area (Å²) in [5.41, 5.74) is 3.61. The maximum atomic E-state index is 14.1. The van der Waals surface area contributed by atoms with E-state index >= 15 is 0 Å². The second-order valence-corrected chi connectivity index (χ2v) is 11.5. The Morgan fingerprint density at radius 3 is 2.62 bits per heavy atom. The second-order valence-electron chi connectivity index (χ2n) is 10.6. The molecule has 4 aromatic carbocycles. The van der Waals surface area contributed by atoms with Crippen LogP contribution in [0.3, 0.4) is 0 Å². The van der Waals surface area contributed by atoms with Gasteiger partial charge in [0.05, 0.1) is 23.7 Å². The van der Waals surface area contributed by atoms with Gasteiger partial charge in [-0.2, -0.15) is 0 Å². The normalized spacial score (nSPS) is 14.9. The van der Waals surface area contributed by atoms with Gasteiger partial charge in [-0.25, -0.2) is 9.37 Å². The minimum atomic E-state index is -0.287. The van der Waals surface area contributed by atoms with Crippen LogP contribution in [0.1, 0.15) is 55.6 Å².